The van der Waals surface area contributed by atoms with E-state index in [1.807, 2.05) is 13.8 Å². The number of carbonyl (C=O) groups excluding carboxylic acids is 3. The summed E-state index contributed by atoms with van der Waals surface area (Å²) >= 11 is 0. The maximum atomic E-state index is 12.5. The number of hydrogen-bond donors (Lipinski definition) is 1. The van der Waals surface area contributed by atoms with E-state index in [1.54, 1.807) is 6.92 Å². The van der Waals surface area contributed by atoms with Gasteiger partial charge in [0.2, 0.25) is 11.8 Å². The molecule has 2 rings (SSSR count). The molecule has 3 amide bonds. The van der Waals surface area contributed by atoms with Gasteiger partial charge in [0.25, 0.3) is 5.91 Å². The fraction of sp³-hybridized carbons (Fsp3) is 0.692. The Kier molecular flexibility index (Phi) is 4.06. The molecular formula is C13H20N4O3. The summed E-state index contributed by atoms with van der Waals surface area (Å²) in [6, 6.07) is -0.572. The summed E-state index contributed by atoms with van der Waals surface area (Å²) in [5.74, 6) is -0.468. The van der Waals surface area contributed by atoms with E-state index in [1.165, 1.54) is 9.91 Å². The van der Waals surface area contributed by atoms with Crippen molar-refractivity contribution >= 4 is 23.4 Å². The zero-order valence-electron chi connectivity index (χ0n) is 12.0. The van der Waals surface area contributed by atoms with Gasteiger partial charge in [-0.25, -0.2) is 5.01 Å². The van der Waals surface area contributed by atoms with E-state index in [9.17, 15) is 14.4 Å². The third-order valence-electron chi connectivity index (χ3n) is 3.56. The normalized spacial score (nSPS) is 23.8. The van der Waals surface area contributed by atoms with Crippen molar-refractivity contribution in [3.8, 4) is 0 Å². The first-order valence-corrected chi connectivity index (χ1v) is 6.90. The van der Waals surface area contributed by atoms with Gasteiger partial charge in [-0.05, 0) is 20.8 Å². The summed E-state index contributed by atoms with van der Waals surface area (Å²) in [6.07, 6.45) is 0.628. The van der Waals surface area contributed by atoms with E-state index in [4.69, 9.17) is 0 Å². The molecule has 2 aliphatic rings. The van der Waals surface area contributed by atoms with Crippen molar-refractivity contribution in [2.24, 2.45) is 5.10 Å². The van der Waals surface area contributed by atoms with Crippen LogP contribution in [0.3, 0.4) is 0 Å². The van der Waals surface area contributed by atoms with Crippen LogP contribution in [0.4, 0.5) is 0 Å². The molecule has 0 saturated carbocycles. The molecular weight excluding hydrogens is 260 g/mol. The van der Waals surface area contributed by atoms with Gasteiger partial charge in [0.05, 0.1) is 0 Å². The summed E-state index contributed by atoms with van der Waals surface area (Å²) in [7, 11) is 0. The SMILES string of the molecule is CC1C(=O)NCCN1C(=O)C1=NN(C(C)C)C(=O)CC1. The van der Waals surface area contributed by atoms with E-state index in [-0.39, 0.29) is 30.2 Å². The molecule has 7 nitrogen and oxygen atoms in total. The monoisotopic (exact) mass is 280 g/mol. The molecule has 1 saturated heterocycles. The van der Waals surface area contributed by atoms with Gasteiger partial charge in [-0.3, -0.25) is 14.4 Å². The van der Waals surface area contributed by atoms with Crippen LogP contribution in [-0.2, 0) is 14.4 Å². The van der Waals surface area contributed by atoms with Crippen molar-refractivity contribution in [2.75, 3.05) is 13.1 Å². The molecule has 1 N–H and O–H groups in total. The van der Waals surface area contributed by atoms with Gasteiger partial charge in [-0.2, -0.15) is 5.10 Å². The molecule has 0 aliphatic carbocycles. The number of nitrogens with one attached hydrogen (secondary N) is 1. The summed E-state index contributed by atoms with van der Waals surface area (Å²) in [4.78, 5) is 37.3. The molecule has 110 valence electrons. The van der Waals surface area contributed by atoms with Crippen LogP contribution in [0.1, 0.15) is 33.6 Å². The largest absolute Gasteiger partial charge is 0.353 e. The molecule has 0 bridgehead atoms. The van der Waals surface area contributed by atoms with Crippen molar-refractivity contribution < 1.29 is 14.4 Å². The second kappa shape index (κ2) is 5.60. The molecule has 1 fully saturated rings. The van der Waals surface area contributed by atoms with Gasteiger partial charge in [-0.1, -0.05) is 0 Å². The Morgan fingerprint density at radius 2 is 2.05 bits per heavy atom. The highest BCUT2D eigenvalue weighted by Crippen LogP contribution is 2.15. The smallest absolute Gasteiger partial charge is 0.270 e. The Morgan fingerprint density at radius 1 is 1.35 bits per heavy atom. The van der Waals surface area contributed by atoms with E-state index in [0.29, 0.717) is 25.2 Å². The summed E-state index contributed by atoms with van der Waals surface area (Å²) in [5.41, 5.74) is 0.361. The zero-order chi connectivity index (χ0) is 14.9. The third kappa shape index (κ3) is 2.66. The highest BCUT2D eigenvalue weighted by atomic mass is 16.2. The molecule has 1 unspecified atom stereocenters. The average molecular weight is 280 g/mol. The van der Waals surface area contributed by atoms with Gasteiger partial charge in [-0.15, -0.1) is 0 Å². The van der Waals surface area contributed by atoms with Gasteiger partial charge in [0.15, 0.2) is 0 Å². The molecule has 2 aliphatic heterocycles. The number of hydrogen-bond acceptors (Lipinski definition) is 4. The number of rotatable bonds is 2. The molecule has 2 heterocycles. The summed E-state index contributed by atoms with van der Waals surface area (Å²) in [6.45, 7) is 6.33. The first-order chi connectivity index (χ1) is 9.41. The predicted molar refractivity (Wildman–Crippen MR) is 72.8 cm³/mol. The number of nitrogens with zero attached hydrogens (tertiary/aromatic N) is 3. The number of carbonyl (C=O) groups is 3. The Bertz CT molecular complexity index is 472. The van der Waals surface area contributed by atoms with Gasteiger partial charge in [0, 0.05) is 32.0 Å². The van der Waals surface area contributed by atoms with Gasteiger partial charge < -0.3 is 10.2 Å². The van der Waals surface area contributed by atoms with Crippen LogP contribution in [0, 0.1) is 0 Å². The minimum absolute atomic E-state index is 0.0685. The van der Waals surface area contributed by atoms with E-state index >= 15 is 0 Å². The summed E-state index contributed by atoms with van der Waals surface area (Å²) < 4.78 is 0. The Hall–Kier alpha value is -1.92. The molecule has 0 spiro atoms. The van der Waals surface area contributed by atoms with Crippen LogP contribution in [0.5, 0.6) is 0 Å². The van der Waals surface area contributed by atoms with E-state index < -0.39 is 6.04 Å². The fourth-order valence-corrected chi connectivity index (χ4v) is 2.35. The van der Waals surface area contributed by atoms with Crippen LogP contribution >= 0.6 is 0 Å². The lowest BCUT2D eigenvalue weighted by Crippen LogP contribution is -2.57. The van der Waals surface area contributed by atoms with E-state index in [2.05, 4.69) is 10.4 Å². The lowest BCUT2D eigenvalue weighted by molar-refractivity contribution is -0.139. The van der Waals surface area contributed by atoms with Crippen molar-refractivity contribution in [1.82, 2.24) is 15.2 Å². The minimum Gasteiger partial charge on any atom is -0.353 e. The van der Waals surface area contributed by atoms with Crippen molar-refractivity contribution in [2.45, 2.75) is 45.7 Å². The van der Waals surface area contributed by atoms with Crippen LogP contribution in [0.15, 0.2) is 5.10 Å². The zero-order valence-corrected chi connectivity index (χ0v) is 12.0. The Labute approximate surface area is 118 Å². The number of piperazine rings is 1. The fourth-order valence-electron chi connectivity index (χ4n) is 2.35. The first kappa shape index (κ1) is 14.5. The number of amides is 3. The van der Waals surface area contributed by atoms with E-state index in [0.717, 1.165) is 0 Å². The maximum Gasteiger partial charge on any atom is 0.270 e. The second-order valence-corrected chi connectivity index (χ2v) is 5.34. The van der Waals surface area contributed by atoms with Gasteiger partial charge in [0.1, 0.15) is 11.8 Å². The predicted octanol–water partition coefficient (Wildman–Crippen LogP) is -0.280. The molecule has 0 aromatic carbocycles. The average Bonchev–Trinajstić information content (AvgIpc) is 2.41. The first-order valence-electron chi connectivity index (χ1n) is 6.90. The Balaban J connectivity index is 2.18. The highest BCUT2D eigenvalue weighted by Gasteiger charge is 2.34. The Morgan fingerprint density at radius 3 is 2.70 bits per heavy atom. The third-order valence-corrected chi connectivity index (χ3v) is 3.56. The summed E-state index contributed by atoms with van der Waals surface area (Å²) in [5, 5.41) is 8.24. The molecule has 7 heteroatoms. The van der Waals surface area contributed by atoms with Crippen LogP contribution in [0.25, 0.3) is 0 Å². The molecule has 1 atom stereocenters. The van der Waals surface area contributed by atoms with Crippen LogP contribution < -0.4 is 5.32 Å². The minimum atomic E-state index is -0.496. The van der Waals surface area contributed by atoms with Gasteiger partial charge >= 0.3 is 0 Å². The lowest BCUT2D eigenvalue weighted by atomic mass is 10.1. The van der Waals surface area contributed by atoms with Crippen LogP contribution in [-0.4, -0.2) is 58.5 Å². The van der Waals surface area contributed by atoms with Crippen molar-refractivity contribution in [3.05, 3.63) is 0 Å². The molecule has 20 heavy (non-hydrogen) atoms. The quantitative estimate of drug-likeness (QED) is 0.755. The standard InChI is InChI=1S/C13H20N4O3/c1-8(2)17-11(18)5-4-10(15-17)13(20)16-7-6-14-12(19)9(16)3/h8-9H,4-7H2,1-3H3,(H,14,19). The van der Waals surface area contributed by atoms with Crippen molar-refractivity contribution in [3.63, 3.8) is 0 Å². The molecule has 0 aromatic heterocycles. The van der Waals surface area contributed by atoms with Crippen LogP contribution in [0.2, 0.25) is 0 Å². The molecule has 0 aromatic rings. The highest BCUT2D eigenvalue weighted by molar-refractivity contribution is 6.39. The lowest BCUT2D eigenvalue weighted by Gasteiger charge is -2.34. The molecule has 0 radical (unpaired) electrons. The second-order valence-electron chi connectivity index (χ2n) is 5.34. The number of hydrazone groups is 1. The topological polar surface area (TPSA) is 82.1 Å². The van der Waals surface area contributed by atoms with Crippen molar-refractivity contribution in [1.29, 1.82) is 0 Å². The maximum absolute atomic E-state index is 12.5.